The fraction of sp³-hybridized carbons (Fsp3) is 0.364. The number of aromatic nitrogens is 1. The van der Waals surface area contributed by atoms with Crippen LogP contribution < -0.4 is 0 Å². The average Bonchev–Trinajstić information content (AvgIpc) is 2.19. The highest BCUT2D eigenvalue weighted by Crippen LogP contribution is 2.06. The number of carbonyl (C=O) groups excluding carboxylic acids is 1. The Labute approximate surface area is 89.0 Å². The van der Waals surface area contributed by atoms with Crippen molar-refractivity contribution in [1.29, 1.82) is 0 Å². The number of esters is 1. The molecule has 0 fully saturated rings. The Morgan fingerprint density at radius 1 is 1.53 bits per heavy atom. The number of aliphatic imine (C=N–C) groups is 1. The van der Waals surface area contributed by atoms with Crippen molar-refractivity contribution in [2.75, 3.05) is 6.61 Å². The molecule has 1 rings (SSSR count). The van der Waals surface area contributed by atoms with Crippen LogP contribution in [0.1, 0.15) is 20.3 Å². The molecule has 0 N–H and O–H groups in total. The molecule has 15 heavy (non-hydrogen) atoms. The molecular weight excluding hydrogens is 192 g/mol. The lowest BCUT2D eigenvalue weighted by molar-refractivity contribution is -0.141. The largest absolute Gasteiger partial charge is 0.466 e. The Hall–Kier alpha value is -1.71. The van der Waals surface area contributed by atoms with E-state index in [-0.39, 0.29) is 12.4 Å². The number of rotatable bonds is 4. The molecule has 1 heterocycles. The minimum absolute atomic E-state index is 0.213. The van der Waals surface area contributed by atoms with Gasteiger partial charge in [-0.3, -0.25) is 4.79 Å². The van der Waals surface area contributed by atoms with E-state index in [1.165, 1.54) is 0 Å². The molecule has 0 unspecified atom stereocenters. The average molecular weight is 206 g/mol. The molecule has 0 amide bonds. The number of carbonyl (C=O) groups is 1. The van der Waals surface area contributed by atoms with Gasteiger partial charge in [0.25, 0.3) is 0 Å². The van der Waals surface area contributed by atoms with E-state index in [9.17, 15) is 4.79 Å². The van der Waals surface area contributed by atoms with Crippen molar-refractivity contribution in [2.45, 2.75) is 20.3 Å². The number of pyridine rings is 1. The Morgan fingerprint density at radius 3 is 2.93 bits per heavy atom. The van der Waals surface area contributed by atoms with Crippen LogP contribution in [0.2, 0.25) is 0 Å². The molecule has 0 aliphatic carbocycles. The third kappa shape index (κ3) is 4.35. The SMILES string of the molecule is CCOC(=O)C/C(C)=N/c1ccccn1. The molecule has 0 aliphatic heterocycles. The quantitative estimate of drug-likeness (QED) is 0.560. The van der Waals surface area contributed by atoms with E-state index >= 15 is 0 Å². The summed E-state index contributed by atoms with van der Waals surface area (Å²) in [5, 5.41) is 0. The molecular formula is C11H14N2O2. The summed E-state index contributed by atoms with van der Waals surface area (Å²) in [6, 6.07) is 5.46. The Kier molecular flexibility index (Phi) is 4.47. The van der Waals surface area contributed by atoms with Gasteiger partial charge in [0.05, 0.1) is 13.0 Å². The van der Waals surface area contributed by atoms with Crippen LogP contribution in [0.25, 0.3) is 0 Å². The Morgan fingerprint density at radius 2 is 2.33 bits per heavy atom. The van der Waals surface area contributed by atoms with E-state index < -0.39 is 0 Å². The summed E-state index contributed by atoms with van der Waals surface area (Å²) in [6.07, 6.45) is 1.88. The lowest BCUT2D eigenvalue weighted by Crippen LogP contribution is -2.08. The van der Waals surface area contributed by atoms with Gasteiger partial charge in [-0.05, 0) is 26.0 Å². The van der Waals surface area contributed by atoms with E-state index in [4.69, 9.17) is 4.74 Å². The van der Waals surface area contributed by atoms with Gasteiger partial charge in [-0.1, -0.05) is 6.07 Å². The summed E-state index contributed by atoms with van der Waals surface area (Å²) in [5.41, 5.74) is 0.701. The number of ether oxygens (including phenoxy) is 1. The molecule has 0 atom stereocenters. The summed E-state index contributed by atoms with van der Waals surface area (Å²) >= 11 is 0. The molecule has 0 saturated carbocycles. The standard InChI is InChI=1S/C11H14N2O2/c1-3-15-11(14)8-9(2)13-10-6-4-5-7-12-10/h4-7H,3,8H2,1-2H3/b13-9+. The number of hydrogen-bond acceptors (Lipinski definition) is 4. The lowest BCUT2D eigenvalue weighted by Gasteiger charge is -2.00. The monoisotopic (exact) mass is 206 g/mol. The van der Waals surface area contributed by atoms with Crippen molar-refractivity contribution in [2.24, 2.45) is 4.99 Å². The van der Waals surface area contributed by atoms with Crippen LogP contribution in [0.4, 0.5) is 5.82 Å². The molecule has 0 saturated heterocycles. The summed E-state index contributed by atoms with van der Waals surface area (Å²) in [7, 11) is 0. The van der Waals surface area contributed by atoms with E-state index in [1.54, 1.807) is 26.1 Å². The fourth-order valence-corrected chi connectivity index (χ4v) is 1.08. The van der Waals surface area contributed by atoms with Crippen LogP contribution in [0, 0.1) is 0 Å². The van der Waals surface area contributed by atoms with Crippen molar-refractivity contribution >= 4 is 17.5 Å². The predicted octanol–water partition coefficient (Wildman–Crippen LogP) is 2.13. The second kappa shape index (κ2) is 5.90. The van der Waals surface area contributed by atoms with Gasteiger partial charge < -0.3 is 4.74 Å². The molecule has 80 valence electrons. The maximum absolute atomic E-state index is 11.1. The van der Waals surface area contributed by atoms with Crippen molar-refractivity contribution < 1.29 is 9.53 Å². The highest BCUT2D eigenvalue weighted by molar-refractivity contribution is 5.98. The molecule has 0 aromatic carbocycles. The molecule has 0 bridgehead atoms. The Balaban J connectivity index is 2.57. The number of hydrogen-bond donors (Lipinski definition) is 0. The van der Waals surface area contributed by atoms with Crippen LogP contribution in [0.5, 0.6) is 0 Å². The van der Waals surface area contributed by atoms with Gasteiger partial charge in [0.15, 0.2) is 5.82 Å². The topological polar surface area (TPSA) is 51.5 Å². The van der Waals surface area contributed by atoms with Gasteiger partial charge in [-0.15, -0.1) is 0 Å². The van der Waals surface area contributed by atoms with Gasteiger partial charge in [0.2, 0.25) is 0 Å². The summed E-state index contributed by atoms with van der Waals surface area (Å²) < 4.78 is 4.81. The van der Waals surface area contributed by atoms with Crippen molar-refractivity contribution in [3.8, 4) is 0 Å². The summed E-state index contributed by atoms with van der Waals surface area (Å²) in [5.74, 6) is 0.356. The highest BCUT2D eigenvalue weighted by Gasteiger charge is 2.03. The van der Waals surface area contributed by atoms with Crippen molar-refractivity contribution in [3.63, 3.8) is 0 Å². The van der Waals surface area contributed by atoms with Gasteiger partial charge >= 0.3 is 5.97 Å². The minimum Gasteiger partial charge on any atom is -0.466 e. The maximum Gasteiger partial charge on any atom is 0.311 e. The molecule has 0 aliphatic rings. The van der Waals surface area contributed by atoms with Crippen molar-refractivity contribution in [1.82, 2.24) is 4.98 Å². The highest BCUT2D eigenvalue weighted by atomic mass is 16.5. The Bertz CT molecular complexity index is 347. The zero-order chi connectivity index (χ0) is 11.1. The van der Waals surface area contributed by atoms with E-state index in [1.807, 2.05) is 12.1 Å². The van der Waals surface area contributed by atoms with E-state index in [0.717, 1.165) is 0 Å². The van der Waals surface area contributed by atoms with Crippen LogP contribution in [-0.4, -0.2) is 23.3 Å². The third-order valence-electron chi connectivity index (χ3n) is 1.66. The van der Waals surface area contributed by atoms with Crippen LogP contribution in [0.3, 0.4) is 0 Å². The second-order valence-electron chi connectivity index (χ2n) is 3.02. The van der Waals surface area contributed by atoms with Crippen LogP contribution >= 0.6 is 0 Å². The normalized spacial score (nSPS) is 11.2. The molecule has 4 heteroatoms. The van der Waals surface area contributed by atoms with E-state index in [2.05, 4.69) is 9.98 Å². The maximum atomic E-state index is 11.1. The molecule has 0 radical (unpaired) electrons. The fourth-order valence-electron chi connectivity index (χ4n) is 1.08. The predicted molar refractivity (Wildman–Crippen MR) is 58.3 cm³/mol. The van der Waals surface area contributed by atoms with Crippen LogP contribution in [-0.2, 0) is 9.53 Å². The molecule has 0 spiro atoms. The van der Waals surface area contributed by atoms with E-state index in [0.29, 0.717) is 18.1 Å². The van der Waals surface area contributed by atoms with Gasteiger partial charge in [-0.2, -0.15) is 0 Å². The first-order chi connectivity index (χ1) is 7.22. The number of nitrogens with zero attached hydrogens (tertiary/aromatic N) is 2. The van der Waals surface area contributed by atoms with Gasteiger partial charge in [0.1, 0.15) is 0 Å². The zero-order valence-electron chi connectivity index (χ0n) is 8.93. The van der Waals surface area contributed by atoms with Crippen LogP contribution in [0.15, 0.2) is 29.4 Å². The first-order valence-corrected chi connectivity index (χ1v) is 4.83. The second-order valence-corrected chi connectivity index (χ2v) is 3.02. The first kappa shape index (κ1) is 11.4. The van der Waals surface area contributed by atoms with Gasteiger partial charge in [0, 0.05) is 11.9 Å². The summed E-state index contributed by atoms with van der Waals surface area (Å²) in [4.78, 5) is 19.3. The minimum atomic E-state index is -0.255. The first-order valence-electron chi connectivity index (χ1n) is 4.83. The zero-order valence-corrected chi connectivity index (χ0v) is 8.93. The lowest BCUT2D eigenvalue weighted by atomic mass is 10.3. The third-order valence-corrected chi connectivity index (χ3v) is 1.66. The van der Waals surface area contributed by atoms with Gasteiger partial charge in [-0.25, -0.2) is 9.98 Å². The molecule has 4 nitrogen and oxygen atoms in total. The summed E-state index contributed by atoms with van der Waals surface area (Å²) in [6.45, 7) is 3.96. The molecule has 1 aromatic rings. The molecule has 1 aromatic heterocycles. The van der Waals surface area contributed by atoms with Crippen molar-refractivity contribution in [3.05, 3.63) is 24.4 Å². The smallest absolute Gasteiger partial charge is 0.311 e.